The molecule has 2 aromatic rings. The summed E-state index contributed by atoms with van der Waals surface area (Å²) < 4.78 is 5.47. The maximum absolute atomic E-state index is 12.5. The Hall–Kier alpha value is -2.53. The van der Waals surface area contributed by atoms with Gasteiger partial charge in [0.1, 0.15) is 11.8 Å². The number of nitrogens with one attached hydrogen (secondary N) is 2. The number of hydrogen-bond acceptors (Lipinski definition) is 4. The Morgan fingerprint density at radius 1 is 1.20 bits per heavy atom. The fraction of sp³-hybridized carbons (Fsp3) is 0.350. The maximum atomic E-state index is 12.5. The van der Waals surface area contributed by atoms with E-state index in [1.54, 1.807) is 19.1 Å². The van der Waals surface area contributed by atoms with Crippen LogP contribution in [-0.2, 0) is 11.4 Å². The predicted molar refractivity (Wildman–Crippen MR) is 101 cm³/mol. The smallest absolute Gasteiger partial charge is 0.246 e. The third kappa shape index (κ3) is 4.97. The minimum absolute atomic E-state index is 0.117. The van der Waals surface area contributed by atoms with E-state index in [4.69, 9.17) is 4.74 Å². The van der Waals surface area contributed by atoms with Gasteiger partial charge in [0.25, 0.3) is 0 Å². The van der Waals surface area contributed by atoms with Crippen molar-refractivity contribution < 1.29 is 14.6 Å². The summed E-state index contributed by atoms with van der Waals surface area (Å²) in [6, 6.07) is 11.0. The Bertz CT molecular complexity index is 744. The third-order valence-corrected chi connectivity index (χ3v) is 3.96. The van der Waals surface area contributed by atoms with Gasteiger partial charge in [0, 0.05) is 16.9 Å². The van der Waals surface area contributed by atoms with Gasteiger partial charge < -0.3 is 20.5 Å². The minimum atomic E-state index is -0.426. The molecule has 0 aliphatic rings. The number of benzene rings is 2. The molecule has 2 aromatic carbocycles. The van der Waals surface area contributed by atoms with Gasteiger partial charge >= 0.3 is 0 Å². The number of carbonyl (C=O) groups is 1. The van der Waals surface area contributed by atoms with Gasteiger partial charge in [-0.3, -0.25) is 4.79 Å². The lowest BCUT2D eigenvalue weighted by molar-refractivity contribution is -0.116. The van der Waals surface area contributed by atoms with Gasteiger partial charge in [0.05, 0.1) is 13.2 Å². The summed E-state index contributed by atoms with van der Waals surface area (Å²) in [4.78, 5) is 12.5. The first-order valence-corrected chi connectivity index (χ1v) is 8.45. The molecule has 5 nitrogen and oxygen atoms in total. The van der Waals surface area contributed by atoms with Crippen molar-refractivity contribution in [2.75, 3.05) is 17.2 Å². The zero-order chi connectivity index (χ0) is 18.4. The van der Waals surface area contributed by atoms with Crippen LogP contribution in [0.3, 0.4) is 0 Å². The van der Waals surface area contributed by atoms with Crippen LogP contribution in [-0.4, -0.2) is 23.7 Å². The van der Waals surface area contributed by atoms with Gasteiger partial charge in [-0.25, -0.2) is 0 Å². The van der Waals surface area contributed by atoms with E-state index in [-0.39, 0.29) is 12.5 Å². The molecule has 3 N–H and O–H groups in total. The minimum Gasteiger partial charge on any atom is -0.494 e. The SMILES string of the molecule is CCOc1ccc(NC(C)C(=O)Nc2cc(C)ccc2C)cc1CO. The Kier molecular flexibility index (Phi) is 6.42. The summed E-state index contributed by atoms with van der Waals surface area (Å²) >= 11 is 0. The number of rotatable bonds is 7. The standard InChI is InChI=1S/C20H26N2O3/c1-5-25-19-9-8-17(11-16(19)12-23)21-15(4)20(24)22-18-10-13(2)6-7-14(18)3/h6-11,15,21,23H,5,12H2,1-4H3,(H,22,24). The second-order valence-corrected chi connectivity index (χ2v) is 6.09. The van der Waals surface area contributed by atoms with E-state index in [0.717, 1.165) is 22.5 Å². The molecule has 5 heteroatoms. The number of amides is 1. The van der Waals surface area contributed by atoms with E-state index >= 15 is 0 Å². The molecule has 0 aromatic heterocycles. The van der Waals surface area contributed by atoms with Crippen molar-refractivity contribution in [2.45, 2.75) is 40.3 Å². The number of anilines is 2. The van der Waals surface area contributed by atoms with Gasteiger partial charge in [-0.05, 0) is 63.1 Å². The number of ether oxygens (including phenoxy) is 1. The van der Waals surface area contributed by atoms with Gasteiger partial charge in [-0.2, -0.15) is 0 Å². The average molecular weight is 342 g/mol. The van der Waals surface area contributed by atoms with Crippen LogP contribution in [0.25, 0.3) is 0 Å². The van der Waals surface area contributed by atoms with Crippen molar-refractivity contribution in [3.8, 4) is 5.75 Å². The highest BCUT2D eigenvalue weighted by Crippen LogP contribution is 2.24. The predicted octanol–water partition coefficient (Wildman–Crippen LogP) is 3.63. The van der Waals surface area contributed by atoms with Gasteiger partial charge in [0.2, 0.25) is 5.91 Å². The largest absolute Gasteiger partial charge is 0.494 e. The molecule has 25 heavy (non-hydrogen) atoms. The summed E-state index contributed by atoms with van der Waals surface area (Å²) in [6.07, 6.45) is 0. The lowest BCUT2D eigenvalue weighted by Gasteiger charge is -2.18. The zero-order valence-electron chi connectivity index (χ0n) is 15.2. The van der Waals surface area contributed by atoms with Crippen LogP contribution in [0.15, 0.2) is 36.4 Å². The van der Waals surface area contributed by atoms with E-state index < -0.39 is 6.04 Å². The second kappa shape index (κ2) is 8.53. The molecule has 0 aliphatic heterocycles. The fourth-order valence-corrected chi connectivity index (χ4v) is 2.52. The van der Waals surface area contributed by atoms with Crippen LogP contribution in [0.5, 0.6) is 5.75 Å². The zero-order valence-corrected chi connectivity index (χ0v) is 15.2. The topological polar surface area (TPSA) is 70.6 Å². The van der Waals surface area contributed by atoms with Crippen molar-refractivity contribution in [2.24, 2.45) is 0 Å². The Morgan fingerprint density at radius 3 is 2.64 bits per heavy atom. The highest BCUT2D eigenvalue weighted by molar-refractivity contribution is 5.96. The number of aliphatic hydroxyl groups excluding tert-OH is 1. The lowest BCUT2D eigenvalue weighted by Crippen LogP contribution is -2.32. The highest BCUT2D eigenvalue weighted by Gasteiger charge is 2.15. The van der Waals surface area contributed by atoms with Crippen molar-refractivity contribution >= 4 is 17.3 Å². The molecule has 0 spiro atoms. The number of aryl methyl sites for hydroxylation is 2. The van der Waals surface area contributed by atoms with Crippen LogP contribution in [0.2, 0.25) is 0 Å². The molecule has 0 fully saturated rings. The molecule has 1 unspecified atom stereocenters. The summed E-state index contributed by atoms with van der Waals surface area (Å²) in [5.41, 5.74) is 4.39. The van der Waals surface area contributed by atoms with Gasteiger partial charge in [-0.1, -0.05) is 12.1 Å². The number of aliphatic hydroxyl groups is 1. The molecule has 2 rings (SSSR count). The molecule has 0 saturated heterocycles. The lowest BCUT2D eigenvalue weighted by atomic mass is 10.1. The molecule has 1 atom stereocenters. The maximum Gasteiger partial charge on any atom is 0.246 e. The van der Waals surface area contributed by atoms with Crippen LogP contribution in [0, 0.1) is 13.8 Å². The quantitative estimate of drug-likeness (QED) is 0.718. The normalized spacial score (nSPS) is 11.7. The van der Waals surface area contributed by atoms with Crippen LogP contribution in [0.1, 0.15) is 30.5 Å². The van der Waals surface area contributed by atoms with E-state index in [0.29, 0.717) is 17.9 Å². The summed E-state index contributed by atoms with van der Waals surface area (Å²) in [6.45, 7) is 8.07. The van der Waals surface area contributed by atoms with Crippen LogP contribution in [0.4, 0.5) is 11.4 Å². The molecule has 0 aliphatic carbocycles. The third-order valence-electron chi connectivity index (χ3n) is 3.96. The first-order valence-electron chi connectivity index (χ1n) is 8.45. The van der Waals surface area contributed by atoms with E-state index in [1.165, 1.54) is 0 Å². The highest BCUT2D eigenvalue weighted by atomic mass is 16.5. The summed E-state index contributed by atoms with van der Waals surface area (Å²) in [5.74, 6) is 0.538. The van der Waals surface area contributed by atoms with Crippen LogP contribution >= 0.6 is 0 Å². The van der Waals surface area contributed by atoms with E-state index in [9.17, 15) is 9.90 Å². The average Bonchev–Trinajstić information content (AvgIpc) is 2.59. The summed E-state index contributed by atoms with van der Waals surface area (Å²) in [7, 11) is 0. The monoisotopic (exact) mass is 342 g/mol. The number of carbonyl (C=O) groups excluding carboxylic acids is 1. The fourth-order valence-electron chi connectivity index (χ4n) is 2.52. The summed E-state index contributed by atoms with van der Waals surface area (Å²) in [5, 5.41) is 15.6. The van der Waals surface area contributed by atoms with E-state index in [2.05, 4.69) is 10.6 Å². The number of hydrogen-bond donors (Lipinski definition) is 3. The second-order valence-electron chi connectivity index (χ2n) is 6.09. The van der Waals surface area contributed by atoms with E-state index in [1.807, 2.05) is 45.0 Å². The Morgan fingerprint density at radius 2 is 1.96 bits per heavy atom. The molecule has 0 radical (unpaired) electrons. The molecule has 134 valence electrons. The Balaban J connectivity index is 2.07. The first kappa shape index (κ1) is 18.8. The molecule has 1 amide bonds. The molecule has 0 bridgehead atoms. The molecular weight excluding hydrogens is 316 g/mol. The van der Waals surface area contributed by atoms with Crippen molar-refractivity contribution in [1.29, 1.82) is 0 Å². The van der Waals surface area contributed by atoms with Crippen molar-refractivity contribution in [3.05, 3.63) is 53.1 Å². The molecular formula is C20H26N2O3. The van der Waals surface area contributed by atoms with Crippen LogP contribution < -0.4 is 15.4 Å². The van der Waals surface area contributed by atoms with Gasteiger partial charge in [-0.15, -0.1) is 0 Å². The molecule has 0 saturated carbocycles. The van der Waals surface area contributed by atoms with Crippen molar-refractivity contribution in [1.82, 2.24) is 0 Å². The first-order chi connectivity index (χ1) is 11.9. The van der Waals surface area contributed by atoms with Crippen molar-refractivity contribution in [3.63, 3.8) is 0 Å². The Labute approximate surface area is 149 Å². The molecule has 0 heterocycles. The van der Waals surface area contributed by atoms with Gasteiger partial charge in [0.15, 0.2) is 0 Å².